The maximum Gasteiger partial charge on any atom is 0.251 e. The lowest BCUT2D eigenvalue weighted by Crippen LogP contribution is -2.36. The summed E-state index contributed by atoms with van der Waals surface area (Å²) in [5, 5.41) is 2.79. The van der Waals surface area contributed by atoms with Crippen LogP contribution in [0.3, 0.4) is 0 Å². The number of methoxy groups -OCH3 is 1. The molecule has 1 unspecified atom stereocenters. The number of ether oxygens (including phenoxy) is 1. The molecule has 0 aliphatic carbocycles. The van der Waals surface area contributed by atoms with Gasteiger partial charge in [-0.3, -0.25) is 9.52 Å². The van der Waals surface area contributed by atoms with Crippen molar-refractivity contribution in [1.82, 2.24) is 5.32 Å². The largest absolute Gasteiger partial charge is 0.383 e. The van der Waals surface area contributed by atoms with Gasteiger partial charge >= 0.3 is 0 Å². The number of anilines is 1. The molecule has 0 heterocycles. The van der Waals surface area contributed by atoms with E-state index in [4.69, 9.17) is 4.74 Å². The summed E-state index contributed by atoms with van der Waals surface area (Å²) in [6.45, 7) is 3.94. The van der Waals surface area contributed by atoms with Gasteiger partial charge in [0.1, 0.15) is 0 Å². The van der Waals surface area contributed by atoms with Crippen molar-refractivity contribution >= 4 is 21.6 Å². The number of nitrogens with one attached hydrogen (secondary N) is 2. The minimum Gasteiger partial charge on any atom is -0.383 e. The summed E-state index contributed by atoms with van der Waals surface area (Å²) >= 11 is 0. The fourth-order valence-corrected chi connectivity index (χ4v) is 2.41. The van der Waals surface area contributed by atoms with Gasteiger partial charge in [-0.2, -0.15) is 0 Å². The fraction of sp³-hybridized carbons (Fsp3) is 0.462. The van der Waals surface area contributed by atoms with E-state index in [1.54, 1.807) is 32.2 Å². The Morgan fingerprint density at radius 2 is 2.05 bits per heavy atom. The summed E-state index contributed by atoms with van der Waals surface area (Å²) in [5.74, 6) is -0.260. The van der Waals surface area contributed by atoms with Crippen LogP contribution in [0.1, 0.15) is 22.8 Å². The Morgan fingerprint density at radius 1 is 1.40 bits per heavy atom. The molecule has 2 N–H and O–H groups in total. The maximum absolute atomic E-state index is 12.1. The summed E-state index contributed by atoms with van der Waals surface area (Å²) in [5.41, 5.74) is 1.42. The number of carbonyl (C=O) groups is 1. The Balaban J connectivity index is 2.96. The molecule has 20 heavy (non-hydrogen) atoms. The van der Waals surface area contributed by atoms with Crippen molar-refractivity contribution in [3.63, 3.8) is 0 Å². The number of carbonyl (C=O) groups excluding carboxylic acids is 1. The number of sulfonamides is 1. The molecule has 0 fully saturated rings. The van der Waals surface area contributed by atoms with Gasteiger partial charge in [-0.15, -0.1) is 0 Å². The zero-order valence-electron chi connectivity index (χ0n) is 12.1. The molecule has 112 valence electrons. The van der Waals surface area contributed by atoms with Crippen LogP contribution in [0.15, 0.2) is 18.2 Å². The molecule has 0 aliphatic rings. The normalized spacial score (nSPS) is 12.8. The van der Waals surface area contributed by atoms with E-state index >= 15 is 0 Å². The van der Waals surface area contributed by atoms with Crippen LogP contribution in [-0.4, -0.2) is 40.3 Å². The van der Waals surface area contributed by atoms with E-state index in [2.05, 4.69) is 10.0 Å². The number of benzene rings is 1. The first-order valence-corrected chi connectivity index (χ1v) is 8.01. The summed E-state index contributed by atoms with van der Waals surface area (Å²) in [6.07, 6.45) is 1.07. The van der Waals surface area contributed by atoms with Gasteiger partial charge in [0.15, 0.2) is 0 Å². The highest BCUT2D eigenvalue weighted by Gasteiger charge is 2.15. The predicted molar refractivity (Wildman–Crippen MR) is 78.4 cm³/mol. The summed E-state index contributed by atoms with van der Waals surface area (Å²) in [4.78, 5) is 12.1. The predicted octanol–water partition coefficient (Wildman–Crippen LogP) is 1.13. The molecule has 1 aromatic carbocycles. The third-order valence-electron chi connectivity index (χ3n) is 2.67. The van der Waals surface area contributed by atoms with E-state index < -0.39 is 10.0 Å². The van der Waals surface area contributed by atoms with E-state index in [9.17, 15) is 13.2 Å². The molecule has 1 amide bonds. The lowest BCUT2D eigenvalue weighted by molar-refractivity contribution is 0.0905. The zero-order valence-corrected chi connectivity index (χ0v) is 12.9. The Labute approximate surface area is 119 Å². The summed E-state index contributed by atoms with van der Waals surface area (Å²) in [6, 6.07) is 4.78. The molecule has 0 spiro atoms. The van der Waals surface area contributed by atoms with Gasteiger partial charge in [-0.1, -0.05) is 6.07 Å². The Hall–Kier alpha value is -1.60. The number of hydrogen-bond acceptors (Lipinski definition) is 4. The molecule has 1 atom stereocenters. The Kier molecular flexibility index (Phi) is 5.52. The lowest BCUT2D eigenvalue weighted by atomic mass is 10.1. The van der Waals surface area contributed by atoms with Crippen molar-refractivity contribution in [1.29, 1.82) is 0 Å². The van der Waals surface area contributed by atoms with E-state index in [1.807, 2.05) is 6.92 Å². The molecule has 1 aromatic rings. The molecule has 0 aromatic heterocycles. The van der Waals surface area contributed by atoms with Crippen molar-refractivity contribution in [2.75, 3.05) is 24.7 Å². The smallest absolute Gasteiger partial charge is 0.251 e. The van der Waals surface area contributed by atoms with Crippen LogP contribution in [0.25, 0.3) is 0 Å². The van der Waals surface area contributed by atoms with Crippen LogP contribution in [0, 0.1) is 6.92 Å². The van der Waals surface area contributed by atoms with E-state index in [-0.39, 0.29) is 11.9 Å². The molecule has 0 radical (unpaired) electrons. The van der Waals surface area contributed by atoms with Gasteiger partial charge in [0.2, 0.25) is 10.0 Å². The minimum absolute atomic E-state index is 0.126. The average Bonchev–Trinajstić information content (AvgIpc) is 2.30. The van der Waals surface area contributed by atoms with E-state index in [0.717, 1.165) is 6.26 Å². The zero-order chi connectivity index (χ0) is 15.3. The van der Waals surface area contributed by atoms with Crippen LogP contribution in [0.5, 0.6) is 0 Å². The molecule has 0 bridgehead atoms. The van der Waals surface area contributed by atoms with Crippen LogP contribution in [-0.2, 0) is 14.8 Å². The van der Waals surface area contributed by atoms with Crippen LogP contribution in [0.4, 0.5) is 5.69 Å². The quantitative estimate of drug-likeness (QED) is 0.825. The van der Waals surface area contributed by atoms with Crippen LogP contribution >= 0.6 is 0 Å². The second-order valence-electron chi connectivity index (χ2n) is 4.68. The third-order valence-corrected chi connectivity index (χ3v) is 3.26. The summed E-state index contributed by atoms with van der Waals surface area (Å²) in [7, 11) is -1.82. The first-order valence-electron chi connectivity index (χ1n) is 6.12. The Morgan fingerprint density at radius 3 is 2.60 bits per heavy atom. The number of rotatable bonds is 6. The topological polar surface area (TPSA) is 84.5 Å². The van der Waals surface area contributed by atoms with Crippen molar-refractivity contribution in [3.05, 3.63) is 29.3 Å². The molecular formula is C13H20N2O4S. The standard InChI is InChI=1S/C13H20N2O4S/c1-9(8-19-3)14-13(16)11-6-5-7-12(10(11)2)15-20(4,17)18/h5-7,9,15H,8H2,1-4H3,(H,14,16). The molecular weight excluding hydrogens is 280 g/mol. The van der Waals surface area contributed by atoms with Crippen molar-refractivity contribution in [2.24, 2.45) is 0 Å². The van der Waals surface area contributed by atoms with Crippen LogP contribution < -0.4 is 10.0 Å². The third kappa shape index (κ3) is 4.82. The lowest BCUT2D eigenvalue weighted by Gasteiger charge is -2.15. The molecule has 6 nitrogen and oxygen atoms in total. The monoisotopic (exact) mass is 300 g/mol. The SMILES string of the molecule is COCC(C)NC(=O)c1cccc(NS(C)(=O)=O)c1C. The number of hydrogen-bond donors (Lipinski definition) is 2. The van der Waals surface area contributed by atoms with E-state index in [1.165, 1.54) is 0 Å². The molecule has 0 saturated heterocycles. The van der Waals surface area contributed by atoms with Crippen LogP contribution in [0.2, 0.25) is 0 Å². The van der Waals surface area contributed by atoms with Gasteiger partial charge in [0.05, 0.1) is 18.6 Å². The molecule has 0 saturated carbocycles. The fourth-order valence-electron chi connectivity index (χ4n) is 1.79. The Bertz CT molecular complexity index is 584. The highest BCUT2D eigenvalue weighted by molar-refractivity contribution is 7.92. The average molecular weight is 300 g/mol. The summed E-state index contributed by atoms with van der Waals surface area (Å²) < 4.78 is 29.9. The molecule has 7 heteroatoms. The highest BCUT2D eigenvalue weighted by atomic mass is 32.2. The van der Waals surface area contributed by atoms with Crippen molar-refractivity contribution in [3.8, 4) is 0 Å². The van der Waals surface area contributed by atoms with Gasteiger partial charge < -0.3 is 10.1 Å². The van der Waals surface area contributed by atoms with Crippen molar-refractivity contribution in [2.45, 2.75) is 19.9 Å². The number of amides is 1. The first-order chi connectivity index (χ1) is 9.24. The van der Waals surface area contributed by atoms with Gasteiger partial charge in [0, 0.05) is 18.7 Å². The minimum atomic E-state index is -3.38. The second-order valence-corrected chi connectivity index (χ2v) is 6.43. The van der Waals surface area contributed by atoms with Gasteiger partial charge in [-0.05, 0) is 31.5 Å². The van der Waals surface area contributed by atoms with E-state index in [0.29, 0.717) is 23.4 Å². The van der Waals surface area contributed by atoms with Crippen molar-refractivity contribution < 1.29 is 17.9 Å². The maximum atomic E-state index is 12.1. The highest BCUT2D eigenvalue weighted by Crippen LogP contribution is 2.19. The second kappa shape index (κ2) is 6.71. The van der Waals surface area contributed by atoms with Gasteiger partial charge in [0.25, 0.3) is 5.91 Å². The van der Waals surface area contributed by atoms with Gasteiger partial charge in [-0.25, -0.2) is 8.42 Å². The molecule has 0 aliphatic heterocycles. The molecule has 1 rings (SSSR count). The first kappa shape index (κ1) is 16.5.